The van der Waals surface area contributed by atoms with Gasteiger partial charge in [0.2, 0.25) is 0 Å². The number of likely N-dealkylation sites (tertiary alicyclic amines) is 1. The van der Waals surface area contributed by atoms with Gasteiger partial charge in [0, 0.05) is 19.0 Å². The Morgan fingerprint density at radius 2 is 1.95 bits per heavy atom. The fourth-order valence-corrected chi connectivity index (χ4v) is 2.86. The Morgan fingerprint density at radius 3 is 2.53 bits per heavy atom. The maximum Gasteiger partial charge on any atom is 0.312 e. The summed E-state index contributed by atoms with van der Waals surface area (Å²) < 4.78 is 4.87. The normalized spacial score (nSPS) is 21.8. The average Bonchev–Trinajstić information content (AvgIpc) is 2.53. The number of ether oxygens (including phenoxy) is 1. The van der Waals surface area contributed by atoms with Gasteiger partial charge >= 0.3 is 5.97 Å². The molecule has 1 fully saturated rings. The Labute approximate surface area is 116 Å². The number of nitrogens with zero attached hydrogens (tertiary/aromatic N) is 1. The minimum atomic E-state index is -0.520. The van der Waals surface area contributed by atoms with E-state index in [9.17, 15) is 9.59 Å². The summed E-state index contributed by atoms with van der Waals surface area (Å²) in [6.07, 6.45) is 5.18. The van der Waals surface area contributed by atoms with E-state index < -0.39 is 5.41 Å². The molecule has 1 unspecified atom stereocenters. The molecule has 0 aromatic carbocycles. The van der Waals surface area contributed by atoms with Crippen molar-refractivity contribution in [3.63, 3.8) is 0 Å². The van der Waals surface area contributed by atoms with Crippen LogP contribution in [0.15, 0.2) is 0 Å². The van der Waals surface area contributed by atoms with Gasteiger partial charge in [0.15, 0.2) is 0 Å². The number of hydrogen-bond acceptors (Lipinski definition) is 4. The average molecular weight is 269 g/mol. The van der Waals surface area contributed by atoms with Crippen molar-refractivity contribution in [1.29, 1.82) is 0 Å². The van der Waals surface area contributed by atoms with Gasteiger partial charge in [-0.2, -0.15) is 0 Å². The third-order valence-electron chi connectivity index (χ3n) is 3.86. The SMILES string of the molecule is COC(=O)C(C)(C)CN1CCCCCC1CC(C)=O. The van der Waals surface area contributed by atoms with E-state index in [2.05, 4.69) is 4.90 Å². The molecule has 4 nitrogen and oxygen atoms in total. The zero-order valence-corrected chi connectivity index (χ0v) is 12.7. The molecule has 0 spiro atoms. The first-order chi connectivity index (χ1) is 8.86. The van der Waals surface area contributed by atoms with Gasteiger partial charge in [-0.05, 0) is 40.2 Å². The van der Waals surface area contributed by atoms with Crippen LogP contribution in [0.4, 0.5) is 0 Å². The predicted molar refractivity (Wildman–Crippen MR) is 74.9 cm³/mol. The Bertz CT molecular complexity index is 325. The Hall–Kier alpha value is -0.900. The summed E-state index contributed by atoms with van der Waals surface area (Å²) in [5, 5.41) is 0. The molecule has 0 aromatic heterocycles. The quantitative estimate of drug-likeness (QED) is 0.719. The monoisotopic (exact) mass is 269 g/mol. The zero-order valence-electron chi connectivity index (χ0n) is 12.7. The van der Waals surface area contributed by atoms with Gasteiger partial charge in [0.05, 0.1) is 12.5 Å². The van der Waals surface area contributed by atoms with Crippen molar-refractivity contribution in [2.24, 2.45) is 5.41 Å². The number of carbonyl (C=O) groups is 2. The molecule has 0 amide bonds. The largest absolute Gasteiger partial charge is 0.469 e. The summed E-state index contributed by atoms with van der Waals surface area (Å²) in [6, 6.07) is 0.281. The molecule has 0 aromatic rings. The number of ketones is 1. The first kappa shape index (κ1) is 16.2. The van der Waals surface area contributed by atoms with Crippen molar-refractivity contribution in [1.82, 2.24) is 4.90 Å². The van der Waals surface area contributed by atoms with Crippen LogP contribution in [0.2, 0.25) is 0 Å². The fraction of sp³-hybridized carbons (Fsp3) is 0.867. The van der Waals surface area contributed by atoms with Gasteiger partial charge in [0.1, 0.15) is 5.78 Å². The summed E-state index contributed by atoms with van der Waals surface area (Å²) in [7, 11) is 1.43. The summed E-state index contributed by atoms with van der Waals surface area (Å²) in [5.74, 6) is 0.0473. The third kappa shape index (κ3) is 4.94. The van der Waals surface area contributed by atoms with Gasteiger partial charge in [-0.3, -0.25) is 14.5 Å². The van der Waals surface area contributed by atoms with Gasteiger partial charge in [-0.1, -0.05) is 12.8 Å². The second-order valence-corrected chi connectivity index (χ2v) is 6.26. The van der Waals surface area contributed by atoms with Crippen LogP contribution >= 0.6 is 0 Å². The number of hydrogen-bond donors (Lipinski definition) is 0. The van der Waals surface area contributed by atoms with E-state index in [1.54, 1.807) is 6.92 Å². The Morgan fingerprint density at radius 1 is 1.26 bits per heavy atom. The third-order valence-corrected chi connectivity index (χ3v) is 3.86. The highest BCUT2D eigenvalue weighted by molar-refractivity contribution is 5.76. The lowest BCUT2D eigenvalue weighted by Crippen LogP contribution is -2.45. The maximum absolute atomic E-state index is 11.8. The highest BCUT2D eigenvalue weighted by atomic mass is 16.5. The summed E-state index contributed by atoms with van der Waals surface area (Å²) >= 11 is 0. The molecule has 1 saturated heterocycles. The van der Waals surface area contributed by atoms with Gasteiger partial charge in [-0.15, -0.1) is 0 Å². The topological polar surface area (TPSA) is 46.6 Å². The molecule has 19 heavy (non-hydrogen) atoms. The molecular weight excluding hydrogens is 242 g/mol. The van der Waals surface area contributed by atoms with Crippen LogP contribution in [-0.4, -0.2) is 42.9 Å². The van der Waals surface area contributed by atoms with Crippen LogP contribution in [0, 0.1) is 5.41 Å². The van der Waals surface area contributed by atoms with E-state index >= 15 is 0 Å². The van der Waals surface area contributed by atoms with Gasteiger partial charge in [-0.25, -0.2) is 0 Å². The summed E-state index contributed by atoms with van der Waals surface area (Å²) in [6.45, 7) is 7.10. The van der Waals surface area contributed by atoms with E-state index in [0.29, 0.717) is 13.0 Å². The number of rotatable bonds is 5. The van der Waals surface area contributed by atoms with Crippen LogP contribution < -0.4 is 0 Å². The lowest BCUT2D eigenvalue weighted by atomic mass is 9.91. The first-order valence-electron chi connectivity index (χ1n) is 7.18. The van der Waals surface area contributed by atoms with E-state index in [1.807, 2.05) is 13.8 Å². The van der Waals surface area contributed by atoms with Gasteiger partial charge < -0.3 is 4.74 Å². The van der Waals surface area contributed by atoms with Crippen molar-refractivity contribution in [3.05, 3.63) is 0 Å². The molecule has 0 bridgehead atoms. The molecule has 0 saturated carbocycles. The molecule has 4 heteroatoms. The van der Waals surface area contributed by atoms with Crippen LogP contribution in [-0.2, 0) is 14.3 Å². The molecule has 1 atom stereocenters. The van der Waals surface area contributed by atoms with Crippen LogP contribution in [0.5, 0.6) is 0 Å². The van der Waals surface area contributed by atoms with Crippen LogP contribution in [0.25, 0.3) is 0 Å². The predicted octanol–water partition coefficient (Wildman–Crippen LogP) is 2.41. The Kier molecular flexibility index (Phi) is 5.98. The Balaban J connectivity index is 2.74. The van der Waals surface area contributed by atoms with Crippen molar-refractivity contribution in [3.8, 4) is 0 Å². The highest BCUT2D eigenvalue weighted by Crippen LogP contribution is 2.26. The molecule has 0 N–H and O–H groups in total. The van der Waals surface area contributed by atoms with Crippen molar-refractivity contribution in [2.75, 3.05) is 20.2 Å². The summed E-state index contributed by atoms with van der Waals surface area (Å²) in [4.78, 5) is 25.5. The van der Waals surface area contributed by atoms with Crippen LogP contribution in [0.3, 0.4) is 0 Å². The number of carbonyl (C=O) groups excluding carboxylic acids is 2. The van der Waals surface area contributed by atoms with Crippen molar-refractivity contribution < 1.29 is 14.3 Å². The van der Waals surface area contributed by atoms with Crippen LogP contribution in [0.1, 0.15) is 52.9 Å². The van der Waals surface area contributed by atoms with E-state index in [-0.39, 0.29) is 17.8 Å². The highest BCUT2D eigenvalue weighted by Gasteiger charge is 2.34. The molecule has 0 radical (unpaired) electrons. The van der Waals surface area contributed by atoms with E-state index in [4.69, 9.17) is 4.74 Å². The van der Waals surface area contributed by atoms with Crippen molar-refractivity contribution >= 4 is 11.8 Å². The molecule has 110 valence electrons. The fourth-order valence-electron chi connectivity index (χ4n) is 2.86. The van der Waals surface area contributed by atoms with E-state index in [0.717, 1.165) is 19.4 Å². The lowest BCUT2D eigenvalue weighted by molar-refractivity contribution is -0.152. The van der Waals surface area contributed by atoms with E-state index in [1.165, 1.54) is 20.0 Å². The zero-order chi connectivity index (χ0) is 14.5. The van der Waals surface area contributed by atoms with Crippen molar-refractivity contribution in [2.45, 2.75) is 58.9 Å². The number of Topliss-reactive ketones (excluding diaryl/α,β-unsaturated/α-hetero) is 1. The minimum absolute atomic E-state index is 0.182. The first-order valence-corrected chi connectivity index (χ1v) is 7.18. The smallest absolute Gasteiger partial charge is 0.312 e. The number of esters is 1. The second kappa shape index (κ2) is 7.04. The molecule has 1 rings (SSSR count). The molecule has 0 aliphatic carbocycles. The molecular formula is C15H27NO3. The van der Waals surface area contributed by atoms with Gasteiger partial charge in [0.25, 0.3) is 0 Å². The standard InChI is InChI=1S/C15H27NO3/c1-12(17)10-13-8-6-5-7-9-16(13)11-15(2,3)14(18)19-4/h13H,5-11H2,1-4H3. The molecule has 1 aliphatic rings. The summed E-state index contributed by atoms with van der Waals surface area (Å²) in [5.41, 5.74) is -0.520. The maximum atomic E-state index is 11.8. The second-order valence-electron chi connectivity index (χ2n) is 6.26. The minimum Gasteiger partial charge on any atom is -0.469 e. The molecule has 1 heterocycles. The number of methoxy groups -OCH3 is 1. The molecule has 1 aliphatic heterocycles. The lowest BCUT2D eigenvalue weighted by Gasteiger charge is -2.35.